The van der Waals surface area contributed by atoms with Crippen molar-refractivity contribution in [2.75, 3.05) is 7.11 Å². The van der Waals surface area contributed by atoms with Crippen LogP contribution in [-0.2, 0) is 22.5 Å². The summed E-state index contributed by atoms with van der Waals surface area (Å²) in [5.74, 6) is 0.482. The number of ether oxygens (including phenoxy) is 1. The van der Waals surface area contributed by atoms with Crippen LogP contribution >= 0.6 is 11.6 Å². The summed E-state index contributed by atoms with van der Waals surface area (Å²) in [7, 11) is 1.64. The number of carbonyl (C=O) groups excluding carboxylic acids is 1. The molecule has 0 aliphatic heterocycles. The fourth-order valence-electron chi connectivity index (χ4n) is 3.33. The van der Waals surface area contributed by atoms with E-state index in [9.17, 15) is 4.79 Å². The zero-order chi connectivity index (χ0) is 15.4. The van der Waals surface area contributed by atoms with Gasteiger partial charge in [0.25, 0.3) is 0 Å². The van der Waals surface area contributed by atoms with Gasteiger partial charge in [0.1, 0.15) is 6.10 Å². The topological polar surface area (TPSA) is 44.1 Å². The molecule has 0 spiro atoms. The third-order valence-corrected chi connectivity index (χ3v) is 4.94. The Morgan fingerprint density at radius 3 is 2.67 bits per heavy atom. The molecule has 21 heavy (non-hydrogen) atoms. The molecule has 1 aliphatic rings. The molecular formula is C16H25ClN2O2. The van der Waals surface area contributed by atoms with E-state index in [2.05, 4.69) is 5.10 Å². The molecule has 4 nitrogen and oxygen atoms in total. The van der Waals surface area contributed by atoms with E-state index in [0.29, 0.717) is 17.4 Å². The SMILES string of the molecule is CCn1nc(C)c(Cl)c1CC(=O)C(OC)C1CCCCC1. The largest absolute Gasteiger partial charge is 0.373 e. The highest BCUT2D eigenvalue weighted by Gasteiger charge is 2.30. The van der Waals surface area contributed by atoms with Crippen molar-refractivity contribution in [2.45, 2.75) is 65.0 Å². The van der Waals surface area contributed by atoms with Gasteiger partial charge in [0.15, 0.2) is 5.78 Å². The van der Waals surface area contributed by atoms with Crippen LogP contribution in [0, 0.1) is 12.8 Å². The molecule has 1 aromatic rings. The second-order valence-electron chi connectivity index (χ2n) is 5.86. The number of Topliss-reactive ketones (excluding diaryl/α,β-unsaturated/α-hetero) is 1. The fourth-order valence-corrected chi connectivity index (χ4v) is 3.53. The quantitative estimate of drug-likeness (QED) is 0.806. The summed E-state index contributed by atoms with van der Waals surface area (Å²) in [5.41, 5.74) is 1.60. The van der Waals surface area contributed by atoms with Gasteiger partial charge in [-0.3, -0.25) is 9.48 Å². The molecule has 1 fully saturated rings. The molecule has 0 aromatic carbocycles. The summed E-state index contributed by atoms with van der Waals surface area (Å²) in [6.45, 7) is 4.60. The third-order valence-electron chi connectivity index (χ3n) is 4.44. The first-order valence-electron chi connectivity index (χ1n) is 7.85. The van der Waals surface area contributed by atoms with Crippen LogP contribution in [0.5, 0.6) is 0 Å². The lowest BCUT2D eigenvalue weighted by atomic mass is 9.83. The predicted molar refractivity (Wildman–Crippen MR) is 83.7 cm³/mol. The number of halogens is 1. The Hall–Kier alpha value is -0.870. The van der Waals surface area contributed by atoms with Gasteiger partial charge in [-0.2, -0.15) is 5.10 Å². The van der Waals surface area contributed by atoms with E-state index in [0.717, 1.165) is 30.8 Å². The van der Waals surface area contributed by atoms with Crippen LogP contribution in [0.3, 0.4) is 0 Å². The molecule has 1 unspecified atom stereocenters. The lowest BCUT2D eigenvalue weighted by molar-refractivity contribution is -0.132. The summed E-state index contributed by atoms with van der Waals surface area (Å²) in [6.07, 6.45) is 5.85. The molecule has 1 aliphatic carbocycles. The normalized spacial score (nSPS) is 17.9. The van der Waals surface area contributed by atoms with Crippen molar-refractivity contribution < 1.29 is 9.53 Å². The Morgan fingerprint density at radius 2 is 2.10 bits per heavy atom. The zero-order valence-corrected chi connectivity index (χ0v) is 13.9. The van der Waals surface area contributed by atoms with Crippen LogP contribution in [-0.4, -0.2) is 28.8 Å². The third kappa shape index (κ3) is 3.67. The van der Waals surface area contributed by atoms with E-state index in [4.69, 9.17) is 16.3 Å². The molecule has 0 N–H and O–H groups in total. The van der Waals surface area contributed by atoms with Crippen molar-refractivity contribution in [3.05, 3.63) is 16.4 Å². The standard InChI is InChI=1S/C16H25ClN2O2/c1-4-19-13(15(17)11(2)18-19)10-14(20)16(21-3)12-8-6-5-7-9-12/h12,16H,4-10H2,1-3H3. The van der Waals surface area contributed by atoms with E-state index in [1.807, 2.05) is 18.5 Å². The van der Waals surface area contributed by atoms with Crippen molar-refractivity contribution >= 4 is 17.4 Å². The molecule has 0 radical (unpaired) electrons. The van der Waals surface area contributed by atoms with Gasteiger partial charge in [0.05, 0.1) is 22.8 Å². The lowest BCUT2D eigenvalue weighted by Crippen LogP contribution is -2.34. The Balaban J connectivity index is 2.12. The second kappa shape index (κ2) is 7.41. The van der Waals surface area contributed by atoms with Gasteiger partial charge in [-0.25, -0.2) is 0 Å². The van der Waals surface area contributed by atoms with Gasteiger partial charge in [-0.05, 0) is 32.6 Å². The number of aryl methyl sites for hydroxylation is 2. The summed E-state index contributed by atoms with van der Waals surface area (Å²) < 4.78 is 7.34. The first kappa shape index (κ1) is 16.5. The highest BCUT2D eigenvalue weighted by atomic mass is 35.5. The molecule has 118 valence electrons. The number of methoxy groups -OCH3 is 1. The van der Waals surface area contributed by atoms with Crippen LogP contribution in [0.1, 0.15) is 50.4 Å². The van der Waals surface area contributed by atoms with Crippen molar-refractivity contribution in [1.29, 1.82) is 0 Å². The van der Waals surface area contributed by atoms with Crippen LogP contribution < -0.4 is 0 Å². The van der Waals surface area contributed by atoms with E-state index < -0.39 is 0 Å². The van der Waals surface area contributed by atoms with Crippen molar-refractivity contribution in [3.8, 4) is 0 Å². The van der Waals surface area contributed by atoms with Crippen LogP contribution in [0.4, 0.5) is 0 Å². The Morgan fingerprint density at radius 1 is 1.43 bits per heavy atom. The van der Waals surface area contributed by atoms with Gasteiger partial charge in [0, 0.05) is 13.7 Å². The second-order valence-corrected chi connectivity index (χ2v) is 6.24. The molecule has 1 aromatic heterocycles. The fraction of sp³-hybridized carbons (Fsp3) is 0.750. The minimum Gasteiger partial charge on any atom is -0.373 e. The molecule has 1 heterocycles. The monoisotopic (exact) mass is 312 g/mol. The van der Waals surface area contributed by atoms with E-state index in [1.165, 1.54) is 19.3 Å². The summed E-state index contributed by atoms with van der Waals surface area (Å²) in [4.78, 5) is 12.6. The van der Waals surface area contributed by atoms with Gasteiger partial charge in [0.2, 0.25) is 0 Å². The molecule has 2 rings (SSSR count). The van der Waals surface area contributed by atoms with Crippen LogP contribution in [0.2, 0.25) is 5.02 Å². The highest BCUT2D eigenvalue weighted by molar-refractivity contribution is 6.32. The molecule has 1 saturated carbocycles. The molecule has 1 atom stereocenters. The molecule has 0 amide bonds. The Labute approximate surface area is 131 Å². The zero-order valence-electron chi connectivity index (χ0n) is 13.2. The number of carbonyl (C=O) groups is 1. The minimum atomic E-state index is -0.304. The number of aromatic nitrogens is 2. The van der Waals surface area contributed by atoms with Gasteiger partial charge in [-0.15, -0.1) is 0 Å². The minimum absolute atomic E-state index is 0.126. The number of nitrogens with zero attached hydrogens (tertiary/aromatic N) is 2. The first-order chi connectivity index (χ1) is 10.1. The number of hydrogen-bond donors (Lipinski definition) is 0. The smallest absolute Gasteiger partial charge is 0.167 e. The summed E-state index contributed by atoms with van der Waals surface area (Å²) in [6, 6.07) is 0. The van der Waals surface area contributed by atoms with Crippen molar-refractivity contribution in [1.82, 2.24) is 9.78 Å². The lowest BCUT2D eigenvalue weighted by Gasteiger charge is -2.28. The Kier molecular flexibility index (Phi) is 5.82. The van der Waals surface area contributed by atoms with Gasteiger partial charge >= 0.3 is 0 Å². The number of rotatable bonds is 6. The molecule has 5 heteroatoms. The molecular weight excluding hydrogens is 288 g/mol. The van der Waals surface area contributed by atoms with Crippen LogP contribution in [0.25, 0.3) is 0 Å². The highest BCUT2D eigenvalue weighted by Crippen LogP contribution is 2.29. The van der Waals surface area contributed by atoms with Crippen LogP contribution in [0.15, 0.2) is 0 Å². The predicted octanol–water partition coefficient (Wildman–Crippen LogP) is 3.57. The summed E-state index contributed by atoms with van der Waals surface area (Å²) in [5, 5.41) is 4.99. The Bertz CT molecular complexity index is 493. The van der Waals surface area contributed by atoms with Gasteiger partial charge in [-0.1, -0.05) is 30.9 Å². The number of hydrogen-bond acceptors (Lipinski definition) is 3. The molecule has 0 saturated heterocycles. The maximum atomic E-state index is 12.6. The average Bonchev–Trinajstić information content (AvgIpc) is 2.77. The summed E-state index contributed by atoms with van der Waals surface area (Å²) >= 11 is 6.29. The first-order valence-corrected chi connectivity index (χ1v) is 8.23. The van der Waals surface area contributed by atoms with Crippen molar-refractivity contribution in [2.24, 2.45) is 5.92 Å². The number of ketones is 1. The van der Waals surface area contributed by atoms with Gasteiger partial charge < -0.3 is 4.74 Å². The van der Waals surface area contributed by atoms with Crippen molar-refractivity contribution in [3.63, 3.8) is 0 Å². The molecule has 0 bridgehead atoms. The van der Waals surface area contributed by atoms with E-state index >= 15 is 0 Å². The van der Waals surface area contributed by atoms with E-state index in [-0.39, 0.29) is 11.9 Å². The maximum absolute atomic E-state index is 12.6. The average molecular weight is 313 g/mol. The van der Waals surface area contributed by atoms with E-state index in [1.54, 1.807) is 7.11 Å². The maximum Gasteiger partial charge on any atom is 0.167 e.